The maximum absolute atomic E-state index is 5.22. The molecule has 0 bridgehead atoms. The standard InChI is InChI=1S/C16H23N3O/c1-12(2)16-18-15(20-19-16)9-10-17-11-13(3)14-7-5-4-6-8-14/h4-8,12-13,17H,9-11H2,1-3H3/t13-/m1/s1. The molecule has 2 rings (SSSR count). The largest absolute Gasteiger partial charge is 0.339 e. The molecule has 0 aliphatic rings. The lowest BCUT2D eigenvalue weighted by Gasteiger charge is -2.12. The highest BCUT2D eigenvalue weighted by molar-refractivity contribution is 5.18. The summed E-state index contributed by atoms with van der Waals surface area (Å²) in [5.74, 6) is 2.33. The summed E-state index contributed by atoms with van der Waals surface area (Å²) >= 11 is 0. The Morgan fingerprint density at radius 3 is 2.55 bits per heavy atom. The zero-order valence-corrected chi connectivity index (χ0v) is 12.5. The summed E-state index contributed by atoms with van der Waals surface area (Å²) in [5, 5.41) is 7.41. The smallest absolute Gasteiger partial charge is 0.227 e. The van der Waals surface area contributed by atoms with Crippen molar-refractivity contribution in [2.24, 2.45) is 0 Å². The average Bonchev–Trinajstić information content (AvgIpc) is 2.93. The Bertz CT molecular complexity index is 507. The molecule has 0 aliphatic heterocycles. The molecule has 0 saturated carbocycles. The molecule has 1 aromatic carbocycles. The van der Waals surface area contributed by atoms with Crippen molar-refractivity contribution in [3.63, 3.8) is 0 Å². The van der Waals surface area contributed by atoms with Gasteiger partial charge in [0.25, 0.3) is 0 Å². The first-order valence-electron chi connectivity index (χ1n) is 7.25. The minimum atomic E-state index is 0.318. The van der Waals surface area contributed by atoms with Gasteiger partial charge in [-0.1, -0.05) is 56.3 Å². The molecule has 0 saturated heterocycles. The fourth-order valence-electron chi connectivity index (χ4n) is 2.02. The summed E-state index contributed by atoms with van der Waals surface area (Å²) in [4.78, 5) is 4.37. The van der Waals surface area contributed by atoms with Crippen molar-refractivity contribution in [3.8, 4) is 0 Å². The average molecular weight is 273 g/mol. The molecular formula is C16H23N3O. The number of nitrogens with zero attached hydrogens (tertiary/aromatic N) is 2. The first-order chi connectivity index (χ1) is 9.66. The van der Waals surface area contributed by atoms with Crippen LogP contribution in [0.15, 0.2) is 34.9 Å². The molecule has 108 valence electrons. The first kappa shape index (κ1) is 14.7. The van der Waals surface area contributed by atoms with Crippen LogP contribution in [0.3, 0.4) is 0 Å². The minimum Gasteiger partial charge on any atom is -0.339 e. The molecule has 0 unspecified atom stereocenters. The van der Waals surface area contributed by atoms with Crippen LogP contribution in [0.5, 0.6) is 0 Å². The van der Waals surface area contributed by atoms with Crippen LogP contribution in [-0.2, 0) is 6.42 Å². The summed E-state index contributed by atoms with van der Waals surface area (Å²) in [7, 11) is 0. The van der Waals surface area contributed by atoms with Gasteiger partial charge in [-0.2, -0.15) is 4.98 Å². The van der Waals surface area contributed by atoms with E-state index in [1.807, 2.05) is 6.07 Å². The van der Waals surface area contributed by atoms with Crippen molar-refractivity contribution in [2.75, 3.05) is 13.1 Å². The Balaban J connectivity index is 1.71. The predicted molar refractivity (Wildman–Crippen MR) is 79.8 cm³/mol. The van der Waals surface area contributed by atoms with Crippen LogP contribution in [0.25, 0.3) is 0 Å². The Hall–Kier alpha value is -1.68. The Morgan fingerprint density at radius 1 is 1.15 bits per heavy atom. The van der Waals surface area contributed by atoms with E-state index in [0.29, 0.717) is 17.7 Å². The molecule has 0 aliphatic carbocycles. The molecular weight excluding hydrogens is 250 g/mol. The number of hydrogen-bond acceptors (Lipinski definition) is 4. The number of benzene rings is 1. The molecule has 1 atom stereocenters. The Kier molecular flexibility index (Phi) is 5.30. The van der Waals surface area contributed by atoms with Gasteiger partial charge < -0.3 is 9.84 Å². The van der Waals surface area contributed by atoms with E-state index in [0.717, 1.165) is 25.3 Å². The second kappa shape index (κ2) is 7.20. The van der Waals surface area contributed by atoms with E-state index in [2.05, 4.69) is 60.5 Å². The van der Waals surface area contributed by atoms with Gasteiger partial charge in [0.15, 0.2) is 5.82 Å². The van der Waals surface area contributed by atoms with E-state index in [4.69, 9.17) is 4.52 Å². The minimum absolute atomic E-state index is 0.318. The summed E-state index contributed by atoms with van der Waals surface area (Å²) in [6, 6.07) is 10.5. The van der Waals surface area contributed by atoms with Gasteiger partial charge in [0.1, 0.15) is 0 Å². The highest BCUT2D eigenvalue weighted by atomic mass is 16.5. The third kappa shape index (κ3) is 4.17. The van der Waals surface area contributed by atoms with Gasteiger partial charge in [-0.25, -0.2) is 0 Å². The lowest BCUT2D eigenvalue weighted by molar-refractivity contribution is 0.368. The lowest BCUT2D eigenvalue weighted by atomic mass is 10.0. The fraction of sp³-hybridized carbons (Fsp3) is 0.500. The van der Waals surface area contributed by atoms with E-state index in [1.54, 1.807) is 0 Å². The van der Waals surface area contributed by atoms with Crippen molar-refractivity contribution in [3.05, 3.63) is 47.6 Å². The monoisotopic (exact) mass is 273 g/mol. The summed E-state index contributed by atoms with van der Waals surface area (Å²) < 4.78 is 5.22. The molecule has 1 N–H and O–H groups in total. The number of nitrogens with one attached hydrogen (secondary N) is 1. The molecule has 4 heteroatoms. The van der Waals surface area contributed by atoms with Crippen LogP contribution in [0.1, 0.15) is 49.9 Å². The molecule has 4 nitrogen and oxygen atoms in total. The van der Waals surface area contributed by atoms with Crippen LogP contribution in [0, 0.1) is 0 Å². The Labute approximate surface area is 120 Å². The maximum atomic E-state index is 5.22. The molecule has 1 aromatic heterocycles. The molecule has 1 heterocycles. The second-order valence-electron chi connectivity index (χ2n) is 5.47. The maximum Gasteiger partial charge on any atom is 0.227 e. The van der Waals surface area contributed by atoms with E-state index >= 15 is 0 Å². The summed E-state index contributed by atoms with van der Waals surface area (Å²) in [6.07, 6.45) is 0.779. The van der Waals surface area contributed by atoms with Gasteiger partial charge in [0.05, 0.1) is 0 Å². The highest BCUT2D eigenvalue weighted by Crippen LogP contribution is 2.13. The zero-order valence-electron chi connectivity index (χ0n) is 12.5. The van der Waals surface area contributed by atoms with E-state index in [-0.39, 0.29) is 0 Å². The van der Waals surface area contributed by atoms with Crippen molar-refractivity contribution in [1.82, 2.24) is 15.5 Å². The van der Waals surface area contributed by atoms with Crippen LogP contribution < -0.4 is 5.32 Å². The normalized spacial score (nSPS) is 12.8. The summed E-state index contributed by atoms with van der Waals surface area (Å²) in [6.45, 7) is 8.17. The van der Waals surface area contributed by atoms with Crippen molar-refractivity contribution in [2.45, 2.75) is 39.0 Å². The number of rotatable bonds is 7. The number of hydrogen-bond donors (Lipinski definition) is 1. The van der Waals surface area contributed by atoms with Gasteiger partial charge in [-0.15, -0.1) is 0 Å². The van der Waals surface area contributed by atoms with E-state index in [1.165, 1.54) is 5.56 Å². The van der Waals surface area contributed by atoms with Gasteiger partial charge >= 0.3 is 0 Å². The van der Waals surface area contributed by atoms with Gasteiger partial charge in [-0.05, 0) is 11.5 Å². The highest BCUT2D eigenvalue weighted by Gasteiger charge is 2.09. The summed E-state index contributed by atoms with van der Waals surface area (Å²) in [5.41, 5.74) is 1.36. The fourth-order valence-corrected chi connectivity index (χ4v) is 2.02. The third-order valence-corrected chi connectivity index (χ3v) is 3.33. The van der Waals surface area contributed by atoms with Gasteiger partial charge in [-0.3, -0.25) is 0 Å². The molecule has 0 fully saturated rings. The second-order valence-corrected chi connectivity index (χ2v) is 5.47. The first-order valence-corrected chi connectivity index (χ1v) is 7.25. The number of aromatic nitrogens is 2. The molecule has 0 radical (unpaired) electrons. The van der Waals surface area contributed by atoms with Crippen molar-refractivity contribution in [1.29, 1.82) is 0 Å². The lowest BCUT2D eigenvalue weighted by Crippen LogP contribution is -2.22. The predicted octanol–water partition coefficient (Wildman–Crippen LogP) is 3.13. The quantitative estimate of drug-likeness (QED) is 0.787. The van der Waals surface area contributed by atoms with Crippen molar-refractivity contribution >= 4 is 0 Å². The molecule has 0 amide bonds. The molecule has 2 aromatic rings. The van der Waals surface area contributed by atoms with Crippen LogP contribution in [0.4, 0.5) is 0 Å². The molecule has 20 heavy (non-hydrogen) atoms. The topological polar surface area (TPSA) is 51.0 Å². The van der Waals surface area contributed by atoms with Gasteiger partial charge in [0, 0.05) is 25.4 Å². The SMILES string of the molecule is CC(C)c1noc(CCNC[C@@H](C)c2ccccc2)n1. The zero-order chi connectivity index (χ0) is 14.4. The van der Waals surface area contributed by atoms with E-state index in [9.17, 15) is 0 Å². The molecule has 0 spiro atoms. The third-order valence-electron chi connectivity index (χ3n) is 3.33. The van der Waals surface area contributed by atoms with Crippen LogP contribution >= 0.6 is 0 Å². The van der Waals surface area contributed by atoms with Crippen LogP contribution in [0.2, 0.25) is 0 Å². The Morgan fingerprint density at radius 2 is 1.90 bits per heavy atom. The van der Waals surface area contributed by atoms with Crippen molar-refractivity contribution < 1.29 is 4.52 Å². The van der Waals surface area contributed by atoms with Gasteiger partial charge in [0.2, 0.25) is 5.89 Å². The van der Waals surface area contributed by atoms with E-state index < -0.39 is 0 Å². The van der Waals surface area contributed by atoms with Crippen LogP contribution in [-0.4, -0.2) is 23.2 Å².